The highest BCUT2D eigenvalue weighted by molar-refractivity contribution is 7.57. The standard InChI is InChI=1S/C15H13Cl2N3O2.C15H22ClNO2.C11H11Cl2NO2.C8H14ClN5.C5H12NO4P/c1-2-7-22-13-9-12(10(16)8-11(13)17)20-15(21)19-6-4-3-5-14(19)18-20;1-5-13-8-6-7-11(2)15(13)17(14(18)9-16)12(3)10-19-4;1-7-6-16-9-5-3-2-4-8(9)14(7)11(15)10(12)13;1-4-10-7-12-6(9)13-8(14-7)11-5(2)3;1-11(9,10)3-2-4(6)5(7)8/h1,8-9H,3-7H2;6-8,12H,5,9-10H2,1-4H3;2-5,7,10H,6H2,1H3;5H,4H2,1-3H3,(H2,10,11,12,13,14);4H,2-3,6H2,1H3,(H,7,8)(H,9,10). The minimum atomic E-state index is -3.10. The molecule has 4 unspecified atom stereocenters. The lowest BCUT2D eigenvalue weighted by Gasteiger charge is -2.35. The van der Waals surface area contributed by atoms with Crippen LogP contribution < -0.4 is 41.3 Å². The largest absolute Gasteiger partial charge is 0.489 e. The number of benzene rings is 3. The van der Waals surface area contributed by atoms with Crippen molar-refractivity contribution in [1.29, 1.82) is 0 Å². The first-order valence-electron chi connectivity index (χ1n) is 26.0. The number of nitrogens with zero attached hydrogens (tertiary/aromatic N) is 8. The fourth-order valence-electron chi connectivity index (χ4n) is 7.94. The summed E-state index contributed by atoms with van der Waals surface area (Å²) in [5.41, 5.74) is 9.25. The molecule has 6 N–H and O–H groups in total. The van der Waals surface area contributed by atoms with E-state index in [2.05, 4.69) is 49.6 Å². The average Bonchev–Trinajstić information content (AvgIpc) is 3.83. The summed E-state index contributed by atoms with van der Waals surface area (Å²) in [7, 11) is -1.47. The molecule has 450 valence electrons. The molecule has 0 saturated heterocycles. The first-order valence-corrected chi connectivity index (χ1v) is 30.8. The molecule has 7 rings (SSSR count). The third-order valence-corrected chi connectivity index (χ3v) is 14.1. The molecule has 0 radical (unpaired) electrons. The molecule has 2 aliphatic rings. The number of alkyl halides is 3. The van der Waals surface area contributed by atoms with E-state index in [1.54, 1.807) is 27.5 Å². The Bertz CT molecular complexity index is 3050. The number of para-hydroxylation sites is 3. The van der Waals surface area contributed by atoms with Crippen LogP contribution in [0.1, 0.15) is 77.8 Å². The number of aryl methyl sites for hydroxylation is 3. The first kappa shape index (κ1) is 70.9. The monoisotopic (exact) mass is 1280 g/mol. The highest BCUT2D eigenvalue weighted by atomic mass is 35.5. The number of nitrogens with one attached hydrogen (secondary N) is 2. The molecule has 2 aromatic heterocycles. The number of anilines is 4. The predicted molar refractivity (Wildman–Crippen MR) is 328 cm³/mol. The number of rotatable bonds is 18. The molecule has 0 fully saturated rings. The Morgan fingerprint density at radius 1 is 1.01 bits per heavy atom. The number of methoxy groups -OCH3 is 1. The number of fused-ring (bicyclic) bond motifs is 2. The number of halogens is 6. The number of amides is 2. The van der Waals surface area contributed by atoms with E-state index in [-0.39, 0.29) is 66.0 Å². The number of nitrogens with two attached hydrogens (primary N) is 1. The van der Waals surface area contributed by atoms with E-state index in [0.29, 0.717) is 58.9 Å². The number of aromatic nitrogens is 6. The number of carbonyl (C=O) groups is 3. The normalized spacial score (nSPS) is 14.5. The Labute approximate surface area is 508 Å². The van der Waals surface area contributed by atoms with Gasteiger partial charge in [-0.05, 0) is 108 Å². The number of ether oxygens (including phenoxy) is 3. The highest BCUT2D eigenvalue weighted by Crippen LogP contribution is 2.37. The van der Waals surface area contributed by atoms with Gasteiger partial charge < -0.3 is 50.4 Å². The zero-order valence-electron chi connectivity index (χ0n) is 47.2. The maximum absolute atomic E-state index is 12.5. The van der Waals surface area contributed by atoms with Gasteiger partial charge in [0.2, 0.25) is 23.1 Å². The van der Waals surface area contributed by atoms with Gasteiger partial charge in [0, 0.05) is 51.6 Å². The fourth-order valence-corrected chi connectivity index (χ4v) is 9.72. The second kappa shape index (κ2) is 35.0. The molecule has 28 heteroatoms. The molecule has 21 nitrogen and oxygen atoms in total. The van der Waals surface area contributed by atoms with Crippen molar-refractivity contribution in [2.45, 2.75) is 116 Å². The van der Waals surface area contributed by atoms with Crippen LogP contribution >= 0.6 is 77.0 Å². The molecule has 5 aromatic rings. The summed E-state index contributed by atoms with van der Waals surface area (Å²) in [5.74, 6) is 3.62. The van der Waals surface area contributed by atoms with Crippen molar-refractivity contribution in [2.24, 2.45) is 5.73 Å². The van der Waals surface area contributed by atoms with Crippen LogP contribution in [0.25, 0.3) is 5.69 Å². The van der Waals surface area contributed by atoms with Crippen LogP contribution in [0, 0.1) is 19.3 Å². The molecule has 0 bridgehead atoms. The zero-order valence-corrected chi connectivity index (χ0v) is 52.6. The Kier molecular flexibility index (Phi) is 30.3. The van der Waals surface area contributed by atoms with Gasteiger partial charge in [0.25, 0.3) is 5.91 Å². The topological polar surface area (TPSA) is 271 Å². The van der Waals surface area contributed by atoms with E-state index in [1.165, 1.54) is 17.4 Å². The molecule has 2 amide bonds. The molecule has 82 heavy (non-hydrogen) atoms. The molecular formula is C54H72Cl6N11O10P. The molecule has 0 saturated carbocycles. The Morgan fingerprint density at radius 2 is 1.70 bits per heavy atom. The van der Waals surface area contributed by atoms with Gasteiger partial charge in [0.05, 0.1) is 45.8 Å². The van der Waals surface area contributed by atoms with Crippen molar-refractivity contribution in [3.8, 4) is 29.5 Å². The summed E-state index contributed by atoms with van der Waals surface area (Å²) in [6.07, 6.45) is 8.85. The second-order valence-electron chi connectivity index (χ2n) is 18.8. The molecule has 0 spiro atoms. The Balaban J connectivity index is 0.000000274. The van der Waals surface area contributed by atoms with Gasteiger partial charge in [-0.2, -0.15) is 19.6 Å². The minimum absolute atomic E-state index is 0.0223. The summed E-state index contributed by atoms with van der Waals surface area (Å²) < 4.78 is 29.7. The average molecular weight is 1280 g/mol. The SMILES string of the molecule is C#CCOc1cc(-n2nc3n(c2=O)CCCC3)c(Cl)cc1Cl.CC1COc2ccccc2N1C(=O)C(Cl)Cl.CCNc1nc(Cl)nc(NC(C)C)n1.CCc1cccc(C)c1N(C(=O)CCl)C(C)COC.CP(=O)(O)CCC(N)C(=O)O. The summed E-state index contributed by atoms with van der Waals surface area (Å²) >= 11 is 35.0. The van der Waals surface area contributed by atoms with Crippen LogP contribution in [0.3, 0.4) is 0 Å². The third kappa shape index (κ3) is 22.0. The summed E-state index contributed by atoms with van der Waals surface area (Å²) in [5, 5.41) is 19.5. The van der Waals surface area contributed by atoms with E-state index >= 15 is 0 Å². The smallest absolute Gasteiger partial charge is 0.350 e. The van der Waals surface area contributed by atoms with Crippen LogP contribution in [-0.2, 0) is 43.1 Å². The van der Waals surface area contributed by atoms with Gasteiger partial charge in [0.1, 0.15) is 42.5 Å². The predicted octanol–water partition coefficient (Wildman–Crippen LogP) is 9.92. The number of terminal acetylenes is 1. The van der Waals surface area contributed by atoms with Crippen molar-refractivity contribution in [2.75, 3.05) is 72.6 Å². The quantitative estimate of drug-likeness (QED) is 0.0310. The highest BCUT2D eigenvalue weighted by Gasteiger charge is 2.32. The maximum atomic E-state index is 12.5. The summed E-state index contributed by atoms with van der Waals surface area (Å²) in [6.45, 7) is 17.6. The van der Waals surface area contributed by atoms with Crippen molar-refractivity contribution in [1.82, 2.24) is 29.3 Å². The maximum Gasteiger partial charge on any atom is 0.350 e. The van der Waals surface area contributed by atoms with Crippen molar-refractivity contribution >= 4 is 118 Å². The second-order valence-corrected chi connectivity index (χ2v) is 23.9. The number of carbonyl (C=O) groups excluding carboxylic acids is 2. The fraction of sp³-hybridized carbons (Fsp3) is 0.481. The molecule has 2 aliphatic heterocycles. The number of carboxylic acid groups (broad SMARTS) is 1. The Hall–Kier alpha value is -5.37. The van der Waals surface area contributed by atoms with E-state index < -0.39 is 24.2 Å². The van der Waals surface area contributed by atoms with Crippen LogP contribution in [0.4, 0.5) is 23.3 Å². The minimum Gasteiger partial charge on any atom is -0.489 e. The van der Waals surface area contributed by atoms with Gasteiger partial charge in [-0.15, -0.1) is 23.1 Å². The van der Waals surface area contributed by atoms with E-state index in [0.717, 1.165) is 60.6 Å². The van der Waals surface area contributed by atoms with Gasteiger partial charge in [-0.25, -0.2) is 4.79 Å². The molecular weight excluding hydrogens is 1210 g/mol. The van der Waals surface area contributed by atoms with Gasteiger partial charge in [0.15, 0.2) is 12.2 Å². The molecule has 4 heterocycles. The first-order chi connectivity index (χ1) is 38.7. The van der Waals surface area contributed by atoms with Gasteiger partial charge in [-0.3, -0.25) is 23.5 Å². The van der Waals surface area contributed by atoms with Crippen LogP contribution in [0.5, 0.6) is 11.5 Å². The Morgan fingerprint density at radius 3 is 2.28 bits per heavy atom. The number of carboxylic acids is 1. The summed E-state index contributed by atoms with van der Waals surface area (Å²) in [4.78, 5) is 69.7. The molecule has 4 atom stereocenters. The molecule has 0 aliphatic carbocycles. The lowest BCUT2D eigenvalue weighted by molar-refractivity contribution is -0.138. The lowest BCUT2D eigenvalue weighted by atomic mass is 10.0. The van der Waals surface area contributed by atoms with E-state index in [4.69, 9.17) is 106 Å². The van der Waals surface area contributed by atoms with E-state index in [1.807, 2.05) is 77.9 Å². The van der Waals surface area contributed by atoms with Gasteiger partial charge >= 0.3 is 11.7 Å². The number of aliphatic carboxylic acids is 1. The molecule has 3 aromatic carbocycles. The van der Waals surface area contributed by atoms with Crippen molar-refractivity contribution in [3.63, 3.8) is 0 Å². The van der Waals surface area contributed by atoms with Crippen LogP contribution in [0.2, 0.25) is 15.3 Å². The van der Waals surface area contributed by atoms with Crippen molar-refractivity contribution < 1.29 is 43.2 Å². The van der Waals surface area contributed by atoms with Crippen LogP contribution in [-0.4, -0.2) is 138 Å². The summed E-state index contributed by atoms with van der Waals surface area (Å²) in [6, 6.07) is 15.7. The van der Waals surface area contributed by atoms with Crippen molar-refractivity contribution in [3.05, 3.63) is 97.4 Å². The third-order valence-electron chi connectivity index (χ3n) is 11.7. The lowest BCUT2D eigenvalue weighted by Crippen LogP contribution is -2.47. The van der Waals surface area contributed by atoms with E-state index in [9.17, 15) is 23.7 Å². The number of hydrogen-bond acceptors (Lipinski definition) is 15. The number of hydrogen-bond donors (Lipinski definition) is 5. The van der Waals surface area contributed by atoms with Crippen LogP contribution in [0.15, 0.2) is 59.4 Å². The zero-order chi connectivity index (χ0) is 61.4. The van der Waals surface area contributed by atoms with Gasteiger partial charge in [-0.1, -0.05) is 89.6 Å².